The van der Waals surface area contributed by atoms with E-state index in [4.69, 9.17) is 11.6 Å². The van der Waals surface area contributed by atoms with E-state index in [1.165, 1.54) is 31.2 Å². The Kier molecular flexibility index (Phi) is 5.43. The van der Waals surface area contributed by atoms with Crippen molar-refractivity contribution in [2.45, 2.75) is 62.4 Å². The SMILES string of the molecule is Cl.O=C(CC1CC2CCC(C1)N2)NCC1(c2cccc(Cl)c2)CC1. The van der Waals surface area contributed by atoms with Crippen molar-refractivity contribution < 1.29 is 4.79 Å². The number of fused-ring (bicyclic) bond motifs is 2. The number of nitrogens with one attached hydrogen (secondary N) is 2. The van der Waals surface area contributed by atoms with Gasteiger partial charge in [-0.15, -0.1) is 12.4 Å². The summed E-state index contributed by atoms with van der Waals surface area (Å²) in [5.74, 6) is 0.791. The van der Waals surface area contributed by atoms with Gasteiger partial charge in [0.05, 0.1) is 0 Å². The van der Waals surface area contributed by atoms with Gasteiger partial charge < -0.3 is 10.6 Å². The van der Waals surface area contributed by atoms with Gasteiger partial charge in [0, 0.05) is 35.5 Å². The van der Waals surface area contributed by atoms with Crippen LogP contribution in [0, 0.1) is 5.92 Å². The molecule has 0 spiro atoms. The quantitative estimate of drug-likeness (QED) is 0.828. The van der Waals surface area contributed by atoms with Gasteiger partial charge in [-0.05, 0) is 62.1 Å². The lowest BCUT2D eigenvalue weighted by molar-refractivity contribution is -0.122. The van der Waals surface area contributed by atoms with Crippen LogP contribution in [0.5, 0.6) is 0 Å². The maximum absolute atomic E-state index is 12.4. The maximum atomic E-state index is 12.4. The molecule has 2 bridgehead atoms. The molecule has 2 atom stereocenters. The third-order valence-electron chi connectivity index (χ3n) is 5.96. The van der Waals surface area contributed by atoms with Crippen molar-refractivity contribution in [2.24, 2.45) is 5.92 Å². The fourth-order valence-electron chi connectivity index (χ4n) is 4.48. The van der Waals surface area contributed by atoms with E-state index in [9.17, 15) is 4.79 Å². The number of piperidine rings is 1. The minimum absolute atomic E-state index is 0. The average Bonchev–Trinajstić information content (AvgIpc) is 3.25. The Balaban J connectivity index is 0.00000169. The van der Waals surface area contributed by atoms with Crippen LogP contribution in [0.25, 0.3) is 0 Å². The normalized spacial score (nSPS) is 29.6. The molecule has 2 aliphatic heterocycles. The molecule has 2 unspecified atom stereocenters. The number of hydrogen-bond acceptors (Lipinski definition) is 2. The third kappa shape index (κ3) is 3.89. The van der Waals surface area contributed by atoms with E-state index in [1.807, 2.05) is 18.2 Å². The summed E-state index contributed by atoms with van der Waals surface area (Å²) in [6.07, 6.45) is 7.91. The largest absolute Gasteiger partial charge is 0.355 e. The highest BCUT2D eigenvalue weighted by Crippen LogP contribution is 2.48. The van der Waals surface area contributed by atoms with Crippen molar-refractivity contribution >= 4 is 29.9 Å². The topological polar surface area (TPSA) is 41.1 Å². The first-order chi connectivity index (χ1) is 11.1. The minimum atomic E-state index is 0. The fraction of sp³-hybridized carbons (Fsp3) is 0.632. The van der Waals surface area contributed by atoms with Crippen LogP contribution in [0.15, 0.2) is 24.3 Å². The maximum Gasteiger partial charge on any atom is 0.220 e. The number of rotatable bonds is 5. The van der Waals surface area contributed by atoms with Crippen molar-refractivity contribution in [1.82, 2.24) is 10.6 Å². The molecule has 132 valence electrons. The van der Waals surface area contributed by atoms with E-state index in [0.29, 0.717) is 24.4 Å². The Hall–Kier alpha value is -0.770. The van der Waals surface area contributed by atoms with E-state index in [-0.39, 0.29) is 23.7 Å². The second-order valence-electron chi connectivity index (χ2n) is 7.75. The number of benzene rings is 1. The molecule has 2 N–H and O–H groups in total. The summed E-state index contributed by atoms with van der Waals surface area (Å²) in [5, 5.41) is 7.62. The molecular weight excluding hydrogens is 343 g/mol. The molecule has 4 rings (SSSR count). The molecule has 1 aliphatic carbocycles. The highest BCUT2D eigenvalue weighted by atomic mass is 35.5. The summed E-state index contributed by atoms with van der Waals surface area (Å²) < 4.78 is 0. The van der Waals surface area contributed by atoms with Crippen LogP contribution in [0.4, 0.5) is 0 Å². The molecule has 0 radical (unpaired) electrons. The van der Waals surface area contributed by atoms with Gasteiger partial charge in [-0.3, -0.25) is 4.79 Å². The first kappa shape index (κ1) is 18.0. The third-order valence-corrected chi connectivity index (χ3v) is 6.19. The molecular formula is C19H26Cl2N2O. The molecule has 3 fully saturated rings. The molecule has 24 heavy (non-hydrogen) atoms. The van der Waals surface area contributed by atoms with Gasteiger partial charge in [0.1, 0.15) is 0 Å². The number of hydrogen-bond donors (Lipinski definition) is 2. The zero-order valence-electron chi connectivity index (χ0n) is 13.9. The van der Waals surface area contributed by atoms with Crippen LogP contribution in [-0.2, 0) is 10.2 Å². The van der Waals surface area contributed by atoms with E-state index < -0.39 is 0 Å². The van der Waals surface area contributed by atoms with Gasteiger partial charge in [0.25, 0.3) is 0 Å². The molecule has 0 aromatic heterocycles. The second-order valence-corrected chi connectivity index (χ2v) is 8.18. The molecule has 2 heterocycles. The van der Waals surface area contributed by atoms with Crippen LogP contribution in [0.2, 0.25) is 5.02 Å². The van der Waals surface area contributed by atoms with Crippen LogP contribution in [0.3, 0.4) is 0 Å². The summed E-state index contributed by atoms with van der Waals surface area (Å²) in [6, 6.07) is 9.41. The Morgan fingerprint density at radius 3 is 2.58 bits per heavy atom. The smallest absolute Gasteiger partial charge is 0.220 e. The molecule has 3 nitrogen and oxygen atoms in total. The van der Waals surface area contributed by atoms with Gasteiger partial charge in [0.2, 0.25) is 5.91 Å². The number of carbonyl (C=O) groups excluding carboxylic acids is 1. The van der Waals surface area contributed by atoms with Crippen LogP contribution < -0.4 is 10.6 Å². The fourth-order valence-corrected chi connectivity index (χ4v) is 4.67. The first-order valence-corrected chi connectivity index (χ1v) is 9.30. The van der Waals surface area contributed by atoms with Crippen molar-refractivity contribution in [3.63, 3.8) is 0 Å². The zero-order valence-corrected chi connectivity index (χ0v) is 15.5. The molecule has 5 heteroatoms. The summed E-state index contributed by atoms with van der Waals surface area (Å²) in [4.78, 5) is 12.4. The van der Waals surface area contributed by atoms with Crippen molar-refractivity contribution in [1.29, 1.82) is 0 Å². The molecule has 1 saturated carbocycles. The molecule has 1 aromatic carbocycles. The highest BCUT2D eigenvalue weighted by Gasteiger charge is 2.44. The Morgan fingerprint density at radius 1 is 1.25 bits per heavy atom. The molecule has 1 amide bonds. The minimum Gasteiger partial charge on any atom is -0.355 e. The lowest BCUT2D eigenvalue weighted by Gasteiger charge is -2.28. The van der Waals surface area contributed by atoms with Crippen molar-refractivity contribution in [3.05, 3.63) is 34.9 Å². The van der Waals surface area contributed by atoms with Gasteiger partial charge in [0.15, 0.2) is 0 Å². The van der Waals surface area contributed by atoms with E-state index in [2.05, 4.69) is 16.7 Å². The van der Waals surface area contributed by atoms with E-state index in [1.54, 1.807) is 0 Å². The Morgan fingerprint density at radius 2 is 1.96 bits per heavy atom. The van der Waals surface area contributed by atoms with Gasteiger partial charge >= 0.3 is 0 Å². The predicted octanol–water partition coefficient (Wildman–Crippen LogP) is 3.83. The second kappa shape index (κ2) is 7.23. The Labute approximate surface area is 155 Å². The summed E-state index contributed by atoms with van der Waals surface area (Å²) in [7, 11) is 0. The van der Waals surface area contributed by atoms with Gasteiger partial charge in [-0.2, -0.15) is 0 Å². The van der Waals surface area contributed by atoms with Crippen molar-refractivity contribution in [2.75, 3.05) is 6.54 Å². The predicted molar refractivity (Wildman–Crippen MR) is 99.9 cm³/mol. The highest BCUT2D eigenvalue weighted by molar-refractivity contribution is 6.30. The number of carbonyl (C=O) groups is 1. The van der Waals surface area contributed by atoms with E-state index in [0.717, 1.165) is 24.4 Å². The van der Waals surface area contributed by atoms with Crippen LogP contribution in [-0.4, -0.2) is 24.5 Å². The van der Waals surface area contributed by atoms with Gasteiger partial charge in [-0.1, -0.05) is 23.7 Å². The first-order valence-electron chi connectivity index (χ1n) is 8.92. The molecule has 2 saturated heterocycles. The van der Waals surface area contributed by atoms with Gasteiger partial charge in [-0.25, -0.2) is 0 Å². The lowest BCUT2D eigenvalue weighted by Crippen LogP contribution is -2.40. The molecule has 1 aromatic rings. The standard InChI is InChI=1S/C19H25ClN2O.ClH/c20-15-3-1-2-14(11-15)19(6-7-19)12-21-18(23)10-13-8-16-4-5-17(9-13)22-16;/h1-3,11,13,16-17,22H,4-10,12H2,(H,21,23);1H. The summed E-state index contributed by atoms with van der Waals surface area (Å²) in [6.45, 7) is 0.754. The van der Waals surface area contributed by atoms with Crippen LogP contribution >= 0.6 is 24.0 Å². The average molecular weight is 369 g/mol. The monoisotopic (exact) mass is 368 g/mol. The summed E-state index contributed by atoms with van der Waals surface area (Å²) in [5.41, 5.74) is 1.40. The lowest BCUT2D eigenvalue weighted by atomic mass is 9.89. The number of halogens is 2. The van der Waals surface area contributed by atoms with Crippen LogP contribution in [0.1, 0.15) is 50.5 Å². The van der Waals surface area contributed by atoms with Crippen molar-refractivity contribution in [3.8, 4) is 0 Å². The number of amides is 1. The molecule has 3 aliphatic rings. The summed E-state index contributed by atoms with van der Waals surface area (Å²) >= 11 is 6.11. The van der Waals surface area contributed by atoms with E-state index >= 15 is 0 Å². The zero-order chi connectivity index (χ0) is 15.9. The Bertz CT molecular complexity index is 591.